The van der Waals surface area contributed by atoms with Crippen LogP contribution in [-0.4, -0.2) is 21.2 Å². The lowest BCUT2D eigenvalue weighted by Gasteiger charge is -2.20. The SMILES string of the molecule is C[C@@H](NC(=O)CSc1nc2ccccc2c(=O)n1-c1ccc(C#N)cc1)c1ccc2c(c1)CCCC2. The van der Waals surface area contributed by atoms with Gasteiger partial charge in [-0.2, -0.15) is 5.26 Å². The number of thioether (sulfide) groups is 1. The average Bonchev–Trinajstić information content (AvgIpc) is 2.92. The Morgan fingerprint density at radius 3 is 2.61 bits per heavy atom. The number of nitrogens with zero attached hydrogens (tertiary/aromatic N) is 3. The highest BCUT2D eigenvalue weighted by Gasteiger charge is 2.17. The first kappa shape index (κ1) is 23.8. The number of para-hydroxylation sites is 1. The van der Waals surface area contributed by atoms with Crippen molar-refractivity contribution in [3.63, 3.8) is 0 Å². The molecule has 6 nitrogen and oxygen atoms in total. The molecule has 0 saturated heterocycles. The highest BCUT2D eigenvalue weighted by atomic mass is 32.2. The number of amides is 1. The molecule has 180 valence electrons. The molecule has 7 heteroatoms. The molecule has 1 aromatic heterocycles. The molecular formula is C29H26N4O2S. The van der Waals surface area contributed by atoms with E-state index >= 15 is 0 Å². The molecule has 1 heterocycles. The number of nitrogens with one attached hydrogen (secondary N) is 1. The van der Waals surface area contributed by atoms with Crippen molar-refractivity contribution in [3.05, 3.63) is 99.3 Å². The van der Waals surface area contributed by atoms with E-state index in [0.29, 0.717) is 27.3 Å². The van der Waals surface area contributed by atoms with E-state index in [1.54, 1.807) is 42.5 Å². The van der Waals surface area contributed by atoms with E-state index in [1.807, 2.05) is 13.0 Å². The maximum atomic E-state index is 13.4. The van der Waals surface area contributed by atoms with Gasteiger partial charge in [0.05, 0.1) is 40.0 Å². The fraction of sp³-hybridized carbons (Fsp3) is 0.241. The van der Waals surface area contributed by atoms with Gasteiger partial charge in [-0.25, -0.2) is 4.98 Å². The Morgan fingerprint density at radius 2 is 1.83 bits per heavy atom. The monoisotopic (exact) mass is 494 g/mol. The van der Waals surface area contributed by atoms with E-state index < -0.39 is 0 Å². The average molecular weight is 495 g/mol. The van der Waals surface area contributed by atoms with E-state index in [4.69, 9.17) is 10.2 Å². The number of hydrogen-bond donors (Lipinski definition) is 1. The lowest BCUT2D eigenvalue weighted by molar-refractivity contribution is -0.119. The summed E-state index contributed by atoms with van der Waals surface area (Å²) in [5.74, 6) is -0.00455. The van der Waals surface area contributed by atoms with Crippen LogP contribution in [0.5, 0.6) is 0 Å². The van der Waals surface area contributed by atoms with Crippen molar-refractivity contribution in [2.24, 2.45) is 0 Å². The second-order valence-corrected chi connectivity index (χ2v) is 9.97. The van der Waals surface area contributed by atoms with Crippen LogP contribution in [-0.2, 0) is 17.6 Å². The van der Waals surface area contributed by atoms with E-state index in [-0.39, 0.29) is 23.3 Å². The molecule has 0 aliphatic heterocycles. The number of rotatable bonds is 6. The first-order valence-electron chi connectivity index (χ1n) is 12.1. The number of fused-ring (bicyclic) bond motifs is 2. The fourth-order valence-electron chi connectivity index (χ4n) is 4.64. The predicted molar refractivity (Wildman–Crippen MR) is 142 cm³/mol. The molecule has 0 saturated carbocycles. The Morgan fingerprint density at radius 1 is 1.08 bits per heavy atom. The normalized spacial score (nSPS) is 13.6. The molecule has 1 amide bonds. The maximum Gasteiger partial charge on any atom is 0.266 e. The Bertz CT molecular complexity index is 1540. The molecule has 0 bridgehead atoms. The summed E-state index contributed by atoms with van der Waals surface area (Å²) in [6, 6.07) is 22.4. The molecule has 1 aliphatic rings. The minimum atomic E-state index is -0.212. The molecular weight excluding hydrogens is 468 g/mol. The molecule has 5 rings (SSSR count). The van der Waals surface area contributed by atoms with Gasteiger partial charge in [0.1, 0.15) is 0 Å². The maximum absolute atomic E-state index is 13.4. The van der Waals surface area contributed by atoms with Crippen molar-refractivity contribution in [3.8, 4) is 11.8 Å². The third-order valence-electron chi connectivity index (χ3n) is 6.58. The van der Waals surface area contributed by atoms with Gasteiger partial charge in [-0.05, 0) is 85.7 Å². The van der Waals surface area contributed by atoms with Gasteiger partial charge in [0.2, 0.25) is 5.91 Å². The molecule has 36 heavy (non-hydrogen) atoms. The molecule has 3 aromatic carbocycles. The number of benzene rings is 3. The molecule has 1 aliphatic carbocycles. The zero-order valence-corrected chi connectivity index (χ0v) is 20.8. The summed E-state index contributed by atoms with van der Waals surface area (Å²) in [6.45, 7) is 1.99. The number of carbonyl (C=O) groups is 1. The van der Waals surface area contributed by atoms with Crippen LogP contribution in [0.1, 0.15) is 48.1 Å². The van der Waals surface area contributed by atoms with Crippen molar-refractivity contribution in [1.29, 1.82) is 5.26 Å². The summed E-state index contributed by atoms with van der Waals surface area (Å²) in [7, 11) is 0. The van der Waals surface area contributed by atoms with Crippen molar-refractivity contribution >= 4 is 28.6 Å². The fourth-order valence-corrected chi connectivity index (χ4v) is 5.47. The van der Waals surface area contributed by atoms with E-state index in [2.05, 4.69) is 29.6 Å². The summed E-state index contributed by atoms with van der Waals surface area (Å²) in [5, 5.41) is 13.1. The lowest BCUT2D eigenvalue weighted by atomic mass is 9.89. The summed E-state index contributed by atoms with van der Waals surface area (Å²) in [6.07, 6.45) is 4.69. The van der Waals surface area contributed by atoms with E-state index in [9.17, 15) is 9.59 Å². The Hall–Kier alpha value is -3.89. The highest BCUT2D eigenvalue weighted by Crippen LogP contribution is 2.25. The molecule has 0 spiro atoms. The van der Waals surface area contributed by atoms with Crippen LogP contribution in [0.3, 0.4) is 0 Å². The smallest absolute Gasteiger partial charge is 0.266 e. The molecule has 0 fully saturated rings. The van der Waals surface area contributed by atoms with E-state index in [0.717, 1.165) is 18.4 Å². The van der Waals surface area contributed by atoms with Crippen molar-refractivity contribution in [2.45, 2.75) is 43.8 Å². The zero-order valence-electron chi connectivity index (χ0n) is 20.0. The number of aromatic nitrogens is 2. The molecule has 4 aromatic rings. The van der Waals surface area contributed by atoms with Gasteiger partial charge in [-0.1, -0.05) is 42.1 Å². The van der Waals surface area contributed by atoms with Crippen LogP contribution in [0, 0.1) is 11.3 Å². The quantitative estimate of drug-likeness (QED) is 0.297. The van der Waals surface area contributed by atoms with Crippen LogP contribution < -0.4 is 10.9 Å². The van der Waals surface area contributed by atoms with E-state index in [1.165, 1.54) is 40.3 Å². The minimum absolute atomic E-state index is 0.115. The molecule has 0 unspecified atom stereocenters. The predicted octanol–water partition coefficient (Wildman–Crippen LogP) is 5.11. The first-order valence-corrected chi connectivity index (χ1v) is 13.1. The molecule has 1 N–H and O–H groups in total. The zero-order chi connectivity index (χ0) is 25.1. The summed E-state index contributed by atoms with van der Waals surface area (Å²) in [4.78, 5) is 31.0. The van der Waals surface area contributed by atoms with Crippen LogP contribution in [0.2, 0.25) is 0 Å². The van der Waals surface area contributed by atoms with Gasteiger partial charge in [0.25, 0.3) is 5.56 Å². The standard InChI is InChI=1S/C29H26N4O2S/c1-19(22-13-12-21-6-2-3-7-23(21)16-22)31-27(34)18-36-29-32-26-9-5-4-8-25(26)28(35)33(29)24-14-10-20(17-30)11-15-24/h4-5,8-16,19H,2-3,6-7,18H2,1H3,(H,31,34)/t19-/m1/s1. The number of hydrogen-bond acceptors (Lipinski definition) is 5. The Kier molecular flexibility index (Phi) is 6.88. The third-order valence-corrected chi connectivity index (χ3v) is 7.52. The van der Waals surface area contributed by atoms with Gasteiger partial charge < -0.3 is 5.32 Å². The summed E-state index contributed by atoms with van der Waals surface area (Å²) in [5.41, 5.74) is 5.39. The second kappa shape index (κ2) is 10.4. The van der Waals surface area contributed by atoms with Gasteiger partial charge >= 0.3 is 0 Å². The molecule has 1 atom stereocenters. The van der Waals surface area contributed by atoms with Crippen LogP contribution in [0.15, 0.2) is 76.7 Å². The Labute approximate surface area is 214 Å². The third kappa shape index (κ3) is 4.91. The van der Waals surface area contributed by atoms with Gasteiger partial charge in [-0.15, -0.1) is 0 Å². The summed E-state index contributed by atoms with van der Waals surface area (Å²) < 4.78 is 1.51. The van der Waals surface area contributed by atoms with Crippen LogP contribution in [0.4, 0.5) is 0 Å². The summed E-state index contributed by atoms with van der Waals surface area (Å²) >= 11 is 1.22. The number of aryl methyl sites for hydroxylation is 2. The largest absolute Gasteiger partial charge is 0.349 e. The minimum Gasteiger partial charge on any atom is -0.349 e. The van der Waals surface area contributed by atoms with Gasteiger partial charge in [0, 0.05) is 0 Å². The second-order valence-electron chi connectivity index (χ2n) is 9.02. The first-order chi connectivity index (χ1) is 17.5. The Balaban J connectivity index is 1.37. The number of carbonyl (C=O) groups excluding carboxylic acids is 1. The van der Waals surface area contributed by atoms with Crippen molar-refractivity contribution in [2.75, 3.05) is 5.75 Å². The van der Waals surface area contributed by atoms with Crippen LogP contribution in [0.25, 0.3) is 16.6 Å². The van der Waals surface area contributed by atoms with Gasteiger partial charge in [-0.3, -0.25) is 14.2 Å². The van der Waals surface area contributed by atoms with Crippen molar-refractivity contribution in [1.82, 2.24) is 14.9 Å². The lowest BCUT2D eigenvalue weighted by Crippen LogP contribution is -2.29. The van der Waals surface area contributed by atoms with Crippen molar-refractivity contribution < 1.29 is 4.79 Å². The topological polar surface area (TPSA) is 87.8 Å². The van der Waals surface area contributed by atoms with Crippen LogP contribution >= 0.6 is 11.8 Å². The van der Waals surface area contributed by atoms with Gasteiger partial charge in [0.15, 0.2) is 5.16 Å². The number of nitriles is 1. The molecule has 0 radical (unpaired) electrons. The highest BCUT2D eigenvalue weighted by molar-refractivity contribution is 7.99.